The summed E-state index contributed by atoms with van der Waals surface area (Å²) in [5, 5.41) is 14.4. The Morgan fingerprint density at radius 2 is 2.05 bits per heavy atom. The van der Waals surface area contributed by atoms with Crippen LogP contribution in [0.25, 0.3) is 0 Å². The number of anilines is 1. The van der Waals surface area contributed by atoms with Gasteiger partial charge in [0.05, 0.1) is 19.9 Å². The number of rotatable bonds is 3. The number of oxime groups is 1. The van der Waals surface area contributed by atoms with Gasteiger partial charge in [0.25, 0.3) is 5.91 Å². The largest absolute Gasteiger partial charge is 0.409 e. The lowest BCUT2D eigenvalue weighted by Gasteiger charge is -2.07. The van der Waals surface area contributed by atoms with Crippen molar-refractivity contribution in [1.82, 2.24) is 0 Å². The quantitative estimate of drug-likeness (QED) is 0.349. The van der Waals surface area contributed by atoms with Crippen LogP contribution >= 0.6 is 34.5 Å². The van der Waals surface area contributed by atoms with Crippen LogP contribution in [0, 0.1) is 0 Å². The molecular formula is C12H9Cl2N3O2S. The second-order valence-electron chi connectivity index (χ2n) is 3.74. The lowest BCUT2D eigenvalue weighted by Crippen LogP contribution is -2.14. The molecule has 1 aromatic heterocycles. The molecule has 2 aromatic rings. The van der Waals surface area contributed by atoms with E-state index in [4.69, 9.17) is 34.1 Å². The number of halogens is 2. The molecule has 8 heteroatoms. The summed E-state index contributed by atoms with van der Waals surface area (Å²) in [5.41, 5.74) is 6.33. The predicted molar refractivity (Wildman–Crippen MR) is 81.2 cm³/mol. The number of nitrogens with two attached hydrogens (primary N) is 1. The minimum Gasteiger partial charge on any atom is -0.409 e. The fourth-order valence-electron chi connectivity index (χ4n) is 1.45. The highest BCUT2D eigenvalue weighted by Gasteiger charge is 2.12. The van der Waals surface area contributed by atoms with E-state index in [0.29, 0.717) is 20.5 Å². The molecule has 0 spiro atoms. The maximum atomic E-state index is 11.9. The number of amidine groups is 1. The maximum absolute atomic E-state index is 11.9. The van der Waals surface area contributed by atoms with Crippen LogP contribution in [-0.2, 0) is 0 Å². The summed E-state index contributed by atoms with van der Waals surface area (Å²) in [5.74, 6) is -0.366. The van der Waals surface area contributed by atoms with Crippen molar-refractivity contribution in [2.75, 3.05) is 5.32 Å². The van der Waals surface area contributed by atoms with E-state index in [1.807, 2.05) is 0 Å². The van der Waals surface area contributed by atoms with Gasteiger partial charge >= 0.3 is 0 Å². The summed E-state index contributed by atoms with van der Waals surface area (Å²) in [6, 6.07) is 7.92. The molecule has 5 nitrogen and oxygen atoms in total. The van der Waals surface area contributed by atoms with Crippen molar-refractivity contribution in [3.8, 4) is 0 Å². The second kappa shape index (κ2) is 6.13. The Morgan fingerprint density at radius 3 is 2.60 bits per heavy atom. The van der Waals surface area contributed by atoms with Crippen molar-refractivity contribution in [1.29, 1.82) is 0 Å². The van der Waals surface area contributed by atoms with E-state index in [2.05, 4.69) is 10.5 Å². The van der Waals surface area contributed by atoms with Crippen LogP contribution in [0.2, 0.25) is 9.36 Å². The molecule has 0 unspecified atom stereocenters. The highest BCUT2D eigenvalue weighted by Crippen LogP contribution is 2.26. The number of hydrogen-bond donors (Lipinski definition) is 3. The normalized spacial score (nSPS) is 11.4. The fourth-order valence-corrected chi connectivity index (χ4v) is 2.62. The third-order valence-corrected chi connectivity index (χ3v) is 3.96. The third-order valence-electron chi connectivity index (χ3n) is 2.42. The first-order valence-electron chi connectivity index (χ1n) is 5.35. The number of nitrogens with one attached hydrogen (secondary N) is 1. The van der Waals surface area contributed by atoms with Gasteiger partial charge in [-0.3, -0.25) is 4.79 Å². The van der Waals surface area contributed by atoms with E-state index < -0.39 is 0 Å². The Kier molecular flexibility index (Phi) is 4.49. The Hall–Kier alpha value is -1.76. The maximum Gasteiger partial charge on any atom is 0.265 e. The van der Waals surface area contributed by atoms with Gasteiger partial charge in [-0.05, 0) is 30.3 Å². The molecule has 1 heterocycles. The zero-order chi connectivity index (χ0) is 14.7. The minimum absolute atomic E-state index is 0.0604. The standard InChI is InChI=1S/C12H9Cl2N3O2S/c13-7-5-6(11(15)17-19)1-2-8(7)16-12(18)9-3-4-10(14)20-9/h1-5,19H,(H2,15,17)(H,16,18). The topological polar surface area (TPSA) is 87.7 Å². The third kappa shape index (κ3) is 3.22. The number of benzene rings is 1. The molecule has 0 atom stereocenters. The van der Waals surface area contributed by atoms with Gasteiger partial charge in [-0.1, -0.05) is 28.4 Å². The average Bonchev–Trinajstić information content (AvgIpc) is 2.86. The van der Waals surface area contributed by atoms with Gasteiger partial charge in [-0.15, -0.1) is 11.3 Å². The highest BCUT2D eigenvalue weighted by molar-refractivity contribution is 7.18. The van der Waals surface area contributed by atoms with Crippen molar-refractivity contribution >= 4 is 52.0 Å². The summed E-state index contributed by atoms with van der Waals surface area (Å²) in [7, 11) is 0. The molecule has 0 aliphatic heterocycles. The average molecular weight is 330 g/mol. The Balaban J connectivity index is 2.20. The molecule has 0 aliphatic rings. The van der Waals surface area contributed by atoms with Gasteiger partial charge in [0.15, 0.2) is 5.84 Å². The molecule has 4 N–H and O–H groups in total. The smallest absolute Gasteiger partial charge is 0.265 e. The van der Waals surface area contributed by atoms with Crippen molar-refractivity contribution in [2.24, 2.45) is 10.9 Å². The van der Waals surface area contributed by atoms with Crippen LogP contribution in [0.5, 0.6) is 0 Å². The lowest BCUT2D eigenvalue weighted by molar-refractivity contribution is 0.103. The molecule has 20 heavy (non-hydrogen) atoms. The number of thiophene rings is 1. The van der Waals surface area contributed by atoms with Gasteiger partial charge in [0.1, 0.15) is 0 Å². The predicted octanol–water partition coefficient (Wildman–Crippen LogP) is 3.40. The molecule has 0 saturated heterocycles. The molecule has 0 fully saturated rings. The van der Waals surface area contributed by atoms with Gasteiger partial charge < -0.3 is 16.3 Å². The zero-order valence-corrected chi connectivity index (χ0v) is 12.3. The Morgan fingerprint density at radius 1 is 1.30 bits per heavy atom. The molecule has 104 valence electrons. The molecular weight excluding hydrogens is 321 g/mol. The SMILES string of the molecule is N/C(=N/O)c1ccc(NC(=O)c2ccc(Cl)s2)c(Cl)c1. The van der Waals surface area contributed by atoms with E-state index in [1.165, 1.54) is 17.4 Å². The van der Waals surface area contributed by atoms with Gasteiger partial charge in [0, 0.05) is 5.56 Å². The number of carbonyl (C=O) groups is 1. The molecule has 0 saturated carbocycles. The van der Waals surface area contributed by atoms with Crippen LogP contribution in [-0.4, -0.2) is 17.0 Å². The van der Waals surface area contributed by atoms with Crippen LogP contribution in [0.3, 0.4) is 0 Å². The van der Waals surface area contributed by atoms with Gasteiger partial charge in [-0.2, -0.15) is 0 Å². The minimum atomic E-state index is -0.305. The van der Waals surface area contributed by atoms with Crippen molar-refractivity contribution in [3.63, 3.8) is 0 Å². The lowest BCUT2D eigenvalue weighted by atomic mass is 10.2. The number of carbonyl (C=O) groups excluding carboxylic acids is 1. The van der Waals surface area contributed by atoms with Crippen LogP contribution in [0.4, 0.5) is 5.69 Å². The first-order valence-corrected chi connectivity index (χ1v) is 6.92. The Labute approximate surface area is 128 Å². The van der Waals surface area contributed by atoms with Gasteiger partial charge in [-0.25, -0.2) is 0 Å². The first kappa shape index (κ1) is 14.6. The molecule has 1 amide bonds. The number of nitrogens with zero attached hydrogens (tertiary/aromatic N) is 1. The van der Waals surface area contributed by atoms with Crippen LogP contribution in [0.15, 0.2) is 35.5 Å². The summed E-state index contributed by atoms with van der Waals surface area (Å²) >= 11 is 13.0. The van der Waals surface area contributed by atoms with Crippen molar-refractivity contribution in [2.45, 2.75) is 0 Å². The van der Waals surface area contributed by atoms with E-state index in [0.717, 1.165) is 0 Å². The monoisotopic (exact) mass is 329 g/mol. The van der Waals surface area contributed by atoms with Crippen LogP contribution < -0.4 is 11.1 Å². The highest BCUT2D eigenvalue weighted by atomic mass is 35.5. The summed E-state index contributed by atoms with van der Waals surface area (Å²) in [6.45, 7) is 0. The molecule has 0 radical (unpaired) electrons. The van der Waals surface area contributed by atoms with E-state index in [1.54, 1.807) is 24.3 Å². The molecule has 0 aliphatic carbocycles. The zero-order valence-electron chi connectivity index (χ0n) is 9.93. The van der Waals surface area contributed by atoms with E-state index >= 15 is 0 Å². The van der Waals surface area contributed by atoms with Crippen LogP contribution in [0.1, 0.15) is 15.2 Å². The summed E-state index contributed by atoms with van der Waals surface area (Å²) in [4.78, 5) is 12.4. The fraction of sp³-hybridized carbons (Fsp3) is 0. The number of amides is 1. The van der Waals surface area contributed by atoms with Crippen molar-refractivity contribution in [3.05, 3.63) is 50.1 Å². The molecule has 1 aromatic carbocycles. The van der Waals surface area contributed by atoms with Crippen molar-refractivity contribution < 1.29 is 10.0 Å². The second-order valence-corrected chi connectivity index (χ2v) is 5.86. The number of hydrogen-bond acceptors (Lipinski definition) is 4. The van der Waals surface area contributed by atoms with E-state index in [-0.39, 0.29) is 16.8 Å². The Bertz CT molecular complexity index is 685. The molecule has 0 bridgehead atoms. The van der Waals surface area contributed by atoms with E-state index in [9.17, 15) is 4.79 Å². The van der Waals surface area contributed by atoms with Gasteiger partial charge in [0.2, 0.25) is 0 Å². The summed E-state index contributed by atoms with van der Waals surface area (Å²) < 4.78 is 0.531. The molecule has 2 rings (SSSR count). The summed E-state index contributed by atoms with van der Waals surface area (Å²) in [6.07, 6.45) is 0. The first-order chi connectivity index (χ1) is 9.51.